The van der Waals surface area contributed by atoms with Crippen molar-refractivity contribution in [1.29, 1.82) is 0 Å². The summed E-state index contributed by atoms with van der Waals surface area (Å²) in [5.41, 5.74) is -0.0740. The number of nitrogens with zero attached hydrogens (tertiary/aromatic N) is 4. The monoisotopic (exact) mass is 296 g/mol. The summed E-state index contributed by atoms with van der Waals surface area (Å²) in [4.78, 5) is 23.1. The third-order valence-electron chi connectivity index (χ3n) is 3.11. The lowest BCUT2D eigenvalue weighted by Gasteiger charge is -2.26. The van der Waals surface area contributed by atoms with E-state index >= 15 is 0 Å². The minimum absolute atomic E-state index is 0.0740. The Morgan fingerprint density at radius 2 is 2.14 bits per heavy atom. The third kappa shape index (κ3) is 4.54. The standard InChI is InChI=1S/C13H20N4O4/c1-16(2)11-9-10(12(18)19)14-13(15-11)21-8-5-17-3-6-20-7-4-17/h9H,3-8H2,1-2H3,(H,18,19). The summed E-state index contributed by atoms with van der Waals surface area (Å²) in [6, 6.07) is 1.50. The number of morpholine rings is 1. The van der Waals surface area contributed by atoms with Gasteiger partial charge in [0.15, 0.2) is 5.69 Å². The highest BCUT2D eigenvalue weighted by Crippen LogP contribution is 2.14. The van der Waals surface area contributed by atoms with Gasteiger partial charge in [-0.15, -0.1) is 0 Å². The fourth-order valence-corrected chi connectivity index (χ4v) is 1.91. The summed E-state index contributed by atoms with van der Waals surface area (Å²) in [7, 11) is 3.57. The molecule has 1 aromatic rings. The van der Waals surface area contributed by atoms with Gasteiger partial charge in [-0.25, -0.2) is 4.79 Å². The lowest BCUT2D eigenvalue weighted by atomic mass is 10.4. The van der Waals surface area contributed by atoms with E-state index in [9.17, 15) is 4.79 Å². The molecule has 0 unspecified atom stereocenters. The van der Waals surface area contributed by atoms with E-state index in [1.54, 1.807) is 19.0 Å². The first-order valence-electron chi connectivity index (χ1n) is 6.79. The molecule has 1 fully saturated rings. The largest absolute Gasteiger partial charge is 0.477 e. The van der Waals surface area contributed by atoms with Gasteiger partial charge in [-0.05, 0) is 0 Å². The normalized spacial score (nSPS) is 15.7. The van der Waals surface area contributed by atoms with Crippen molar-refractivity contribution in [3.63, 3.8) is 0 Å². The van der Waals surface area contributed by atoms with Gasteiger partial charge in [0.2, 0.25) is 0 Å². The highest BCUT2D eigenvalue weighted by Gasteiger charge is 2.14. The summed E-state index contributed by atoms with van der Waals surface area (Å²) in [5, 5.41) is 9.06. The van der Waals surface area contributed by atoms with Crippen LogP contribution in [0.3, 0.4) is 0 Å². The minimum atomic E-state index is -1.10. The Labute approximate surface area is 123 Å². The van der Waals surface area contributed by atoms with E-state index in [4.69, 9.17) is 14.6 Å². The van der Waals surface area contributed by atoms with Crippen LogP contribution in [-0.4, -0.2) is 79.5 Å². The number of carboxylic acids is 1. The second kappa shape index (κ2) is 7.19. The molecule has 1 N–H and O–H groups in total. The van der Waals surface area contributed by atoms with Gasteiger partial charge < -0.3 is 19.5 Å². The smallest absolute Gasteiger partial charge is 0.354 e. The molecule has 0 saturated carbocycles. The quantitative estimate of drug-likeness (QED) is 0.782. The fourth-order valence-electron chi connectivity index (χ4n) is 1.91. The molecule has 1 aliphatic rings. The van der Waals surface area contributed by atoms with E-state index < -0.39 is 5.97 Å². The summed E-state index contributed by atoms with van der Waals surface area (Å²) in [6.07, 6.45) is 0. The second-order valence-electron chi connectivity index (χ2n) is 4.90. The number of ether oxygens (including phenoxy) is 2. The molecule has 116 valence electrons. The molecule has 0 amide bonds. The number of anilines is 1. The van der Waals surface area contributed by atoms with Crippen LogP contribution in [0.15, 0.2) is 6.07 Å². The van der Waals surface area contributed by atoms with Crippen molar-refractivity contribution in [3.05, 3.63) is 11.8 Å². The molecular weight excluding hydrogens is 276 g/mol. The van der Waals surface area contributed by atoms with Gasteiger partial charge in [0.25, 0.3) is 0 Å². The van der Waals surface area contributed by atoms with Crippen molar-refractivity contribution < 1.29 is 19.4 Å². The maximum absolute atomic E-state index is 11.1. The van der Waals surface area contributed by atoms with Crippen molar-refractivity contribution in [1.82, 2.24) is 14.9 Å². The van der Waals surface area contributed by atoms with E-state index in [-0.39, 0.29) is 11.7 Å². The van der Waals surface area contributed by atoms with E-state index in [2.05, 4.69) is 14.9 Å². The van der Waals surface area contributed by atoms with Crippen LogP contribution in [0, 0.1) is 0 Å². The van der Waals surface area contributed by atoms with Gasteiger partial charge >= 0.3 is 12.0 Å². The van der Waals surface area contributed by atoms with Crippen LogP contribution in [0.1, 0.15) is 10.5 Å². The van der Waals surface area contributed by atoms with Gasteiger partial charge in [-0.2, -0.15) is 9.97 Å². The molecule has 0 aliphatic carbocycles. The van der Waals surface area contributed by atoms with Crippen molar-refractivity contribution >= 4 is 11.8 Å². The number of carbonyl (C=O) groups is 1. The minimum Gasteiger partial charge on any atom is -0.477 e. The molecule has 0 spiro atoms. The molecule has 2 rings (SSSR count). The predicted octanol–water partition coefficient (Wildman–Crippen LogP) is -0.0482. The van der Waals surface area contributed by atoms with Gasteiger partial charge in [0.1, 0.15) is 12.4 Å². The Balaban J connectivity index is 1.96. The van der Waals surface area contributed by atoms with Crippen molar-refractivity contribution in [2.75, 3.05) is 58.5 Å². The van der Waals surface area contributed by atoms with Crippen molar-refractivity contribution in [2.24, 2.45) is 0 Å². The van der Waals surface area contributed by atoms with Crippen molar-refractivity contribution in [3.8, 4) is 6.01 Å². The first kappa shape index (κ1) is 15.5. The van der Waals surface area contributed by atoms with Crippen molar-refractivity contribution in [2.45, 2.75) is 0 Å². The number of carboxylic acid groups (broad SMARTS) is 1. The molecule has 0 atom stereocenters. The number of hydrogen-bond donors (Lipinski definition) is 1. The Bertz CT molecular complexity index is 489. The Hall–Kier alpha value is -1.93. The van der Waals surface area contributed by atoms with Gasteiger partial charge in [-0.3, -0.25) is 4.90 Å². The summed E-state index contributed by atoms with van der Waals surface area (Å²) in [6.45, 7) is 4.37. The van der Waals surface area contributed by atoms with Crippen LogP contribution in [0.5, 0.6) is 6.01 Å². The Morgan fingerprint density at radius 1 is 1.43 bits per heavy atom. The topological polar surface area (TPSA) is 88.0 Å². The van der Waals surface area contributed by atoms with Crippen LogP contribution < -0.4 is 9.64 Å². The molecule has 21 heavy (non-hydrogen) atoms. The molecule has 1 aliphatic heterocycles. The number of rotatable bonds is 6. The lowest BCUT2D eigenvalue weighted by molar-refractivity contribution is 0.0316. The highest BCUT2D eigenvalue weighted by atomic mass is 16.5. The van der Waals surface area contributed by atoms with Crippen LogP contribution in [0.25, 0.3) is 0 Å². The van der Waals surface area contributed by atoms with E-state index in [1.165, 1.54) is 6.07 Å². The van der Waals surface area contributed by atoms with Gasteiger partial charge in [0.05, 0.1) is 13.2 Å². The lowest BCUT2D eigenvalue weighted by Crippen LogP contribution is -2.38. The van der Waals surface area contributed by atoms with E-state index in [0.717, 1.165) is 32.8 Å². The molecule has 0 bridgehead atoms. The fraction of sp³-hybridized carbons (Fsp3) is 0.615. The summed E-state index contributed by atoms with van der Waals surface area (Å²) < 4.78 is 10.8. The Kier molecular flexibility index (Phi) is 5.29. The molecule has 0 aromatic carbocycles. The number of aromatic nitrogens is 2. The average Bonchev–Trinajstić information content (AvgIpc) is 2.48. The van der Waals surface area contributed by atoms with Crippen LogP contribution in [0.4, 0.5) is 5.82 Å². The summed E-state index contributed by atoms with van der Waals surface area (Å²) in [5.74, 6) is -0.595. The molecule has 8 heteroatoms. The van der Waals surface area contributed by atoms with Crippen LogP contribution in [-0.2, 0) is 4.74 Å². The van der Waals surface area contributed by atoms with Crippen LogP contribution >= 0.6 is 0 Å². The van der Waals surface area contributed by atoms with E-state index in [1.807, 2.05) is 0 Å². The first-order chi connectivity index (χ1) is 10.1. The Morgan fingerprint density at radius 3 is 2.76 bits per heavy atom. The molecule has 1 saturated heterocycles. The number of hydrogen-bond acceptors (Lipinski definition) is 7. The highest BCUT2D eigenvalue weighted by molar-refractivity contribution is 5.86. The zero-order valence-corrected chi connectivity index (χ0v) is 12.3. The van der Waals surface area contributed by atoms with Crippen LogP contribution in [0.2, 0.25) is 0 Å². The molecule has 1 aromatic heterocycles. The molecule has 0 radical (unpaired) electrons. The molecular formula is C13H20N4O4. The number of aromatic carboxylic acids is 1. The SMILES string of the molecule is CN(C)c1cc(C(=O)O)nc(OCCN2CCOCC2)n1. The van der Waals surface area contributed by atoms with Gasteiger partial charge in [0, 0.05) is 39.8 Å². The van der Waals surface area contributed by atoms with Gasteiger partial charge in [-0.1, -0.05) is 0 Å². The molecule has 8 nitrogen and oxygen atoms in total. The maximum atomic E-state index is 11.1. The maximum Gasteiger partial charge on any atom is 0.354 e. The predicted molar refractivity (Wildman–Crippen MR) is 76.1 cm³/mol. The zero-order valence-electron chi connectivity index (χ0n) is 12.3. The third-order valence-corrected chi connectivity index (χ3v) is 3.11. The first-order valence-corrected chi connectivity index (χ1v) is 6.79. The van der Waals surface area contributed by atoms with E-state index in [0.29, 0.717) is 12.4 Å². The average molecular weight is 296 g/mol. The molecule has 2 heterocycles. The summed E-state index contributed by atoms with van der Waals surface area (Å²) >= 11 is 0. The zero-order chi connectivity index (χ0) is 15.2. The second-order valence-corrected chi connectivity index (χ2v) is 4.90.